The third-order valence-corrected chi connectivity index (χ3v) is 2.08. The predicted octanol–water partition coefficient (Wildman–Crippen LogP) is 0.923. The highest BCUT2D eigenvalue weighted by Crippen LogP contribution is 2.06. The van der Waals surface area contributed by atoms with Gasteiger partial charge in [0, 0.05) is 18.1 Å². The molecule has 6 nitrogen and oxygen atoms in total. The van der Waals surface area contributed by atoms with Gasteiger partial charge in [0.15, 0.2) is 5.69 Å². The Hall–Kier alpha value is -2.24. The zero-order valence-electron chi connectivity index (χ0n) is 8.66. The van der Waals surface area contributed by atoms with Gasteiger partial charge in [0.2, 0.25) is 5.95 Å². The molecule has 0 saturated carbocycles. The summed E-state index contributed by atoms with van der Waals surface area (Å²) < 4.78 is 1.58. The van der Waals surface area contributed by atoms with Crippen LogP contribution in [-0.4, -0.2) is 30.6 Å². The molecule has 0 aliphatic heterocycles. The maximum absolute atomic E-state index is 10.9. The molecule has 0 bridgehead atoms. The number of nitrogens with zero attached hydrogens (tertiary/aromatic N) is 4. The van der Waals surface area contributed by atoms with Crippen LogP contribution in [0.1, 0.15) is 23.1 Å². The second-order valence-electron chi connectivity index (χ2n) is 3.17. The van der Waals surface area contributed by atoms with E-state index in [0.717, 1.165) is 0 Å². The number of aromatic nitrogens is 4. The molecule has 16 heavy (non-hydrogen) atoms. The Morgan fingerprint density at radius 2 is 2.31 bits per heavy atom. The van der Waals surface area contributed by atoms with Gasteiger partial charge in [-0.25, -0.2) is 19.7 Å². The van der Waals surface area contributed by atoms with E-state index >= 15 is 0 Å². The van der Waals surface area contributed by atoms with Gasteiger partial charge in [0.05, 0.1) is 0 Å². The van der Waals surface area contributed by atoms with Gasteiger partial charge in [-0.05, 0) is 12.5 Å². The SMILES string of the molecule is CCc1cc(C(=O)O)nc(-n2ccnc2)n1. The molecule has 0 fully saturated rings. The summed E-state index contributed by atoms with van der Waals surface area (Å²) in [5.41, 5.74) is 0.687. The quantitative estimate of drug-likeness (QED) is 0.828. The van der Waals surface area contributed by atoms with Crippen molar-refractivity contribution in [3.05, 3.63) is 36.2 Å². The van der Waals surface area contributed by atoms with Crippen LogP contribution in [0.25, 0.3) is 5.95 Å². The molecular formula is C10H10N4O2. The molecule has 82 valence electrons. The normalized spacial score (nSPS) is 10.3. The summed E-state index contributed by atoms with van der Waals surface area (Å²) in [6, 6.07) is 1.47. The number of carboxylic acids is 1. The van der Waals surface area contributed by atoms with Gasteiger partial charge in [0.1, 0.15) is 6.33 Å². The molecule has 2 aromatic rings. The summed E-state index contributed by atoms with van der Waals surface area (Å²) in [6.45, 7) is 1.91. The second-order valence-corrected chi connectivity index (χ2v) is 3.17. The molecule has 0 radical (unpaired) electrons. The van der Waals surface area contributed by atoms with Gasteiger partial charge in [-0.15, -0.1) is 0 Å². The van der Waals surface area contributed by atoms with Gasteiger partial charge in [0.25, 0.3) is 0 Å². The van der Waals surface area contributed by atoms with Crippen LogP contribution in [0.4, 0.5) is 0 Å². The summed E-state index contributed by atoms with van der Waals surface area (Å²) in [4.78, 5) is 22.9. The molecule has 0 aromatic carbocycles. The van der Waals surface area contributed by atoms with Crippen LogP contribution in [0.2, 0.25) is 0 Å². The Morgan fingerprint density at radius 1 is 1.50 bits per heavy atom. The smallest absolute Gasteiger partial charge is 0.354 e. The minimum atomic E-state index is -1.06. The van der Waals surface area contributed by atoms with E-state index in [2.05, 4.69) is 15.0 Å². The molecule has 2 rings (SSSR count). The lowest BCUT2D eigenvalue weighted by atomic mass is 10.3. The molecule has 2 heterocycles. The first-order valence-corrected chi connectivity index (χ1v) is 4.80. The zero-order valence-corrected chi connectivity index (χ0v) is 8.66. The van der Waals surface area contributed by atoms with E-state index < -0.39 is 5.97 Å². The van der Waals surface area contributed by atoms with Crippen molar-refractivity contribution in [3.63, 3.8) is 0 Å². The van der Waals surface area contributed by atoms with Crippen LogP contribution in [-0.2, 0) is 6.42 Å². The lowest BCUT2D eigenvalue weighted by Crippen LogP contribution is -2.08. The molecular weight excluding hydrogens is 208 g/mol. The zero-order chi connectivity index (χ0) is 11.5. The van der Waals surface area contributed by atoms with E-state index in [4.69, 9.17) is 5.11 Å². The molecule has 0 spiro atoms. The summed E-state index contributed by atoms with van der Waals surface area (Å²) in [5.74, 6) is -0.729. The molecule has 6 heteroatoms. The van der Waals surface area contributed by atoms with Crippen molar-refractivity contribution in [1.29, 1.82) is 0 Å². The number of hydrogen-bond donors (Lipinski definition) is 1. The topological polar surface area (TPSA) is 80.9 Å². The van der Waals surface area contributed by atoms with Gasteiger partial charge in [-0.2, -0.15) is 0 Å². The van der Waals surface area contributed by atoms with Crippen molar-refractivity contribution in [2.24, 2.45) is 0 Å². The Morgan fingerprint density at radius 3 is 2.88 bits per heavy atom. The summed E-state index contributed by atoms with van der Waals surface area (Å²) in [7, 11) is 0. The van der Waals surface area contributed by atoms with Crippen LogP contribution in [0.15, 0.2) is 24.8 Å². The maximum Gasteiger partial charge on any atom is 0.354 e. The third-order valence-electron chi connectivity index (χ3n) is 2.08. The standard InChI is InChI=1S/C10H10N4O2/c1-2-7-5-8(9(15)16)13-10(12-7)14-4-3-11-6-14/h3-6H,2H2,1H3,(H,15,16). The summed E-state index contributed by atoms with van der Waals surface area (Å²) in [5, 5.41) is 8.91. The van der Waals surface area contributed by atoms with Crippen molar-refractivity contribution in [3.8, 4) is 5.95 Å². The van der Waals surface area contributed by atoms with E-state index in [1.807, 2.05) is 6.92 Å². The Bertz CT molecular complexity index is 508. The largest absolute Gasteiger partial charge is 0.477 e. The predicted molar refractivity (Wildman–Crippen MR) is 55.5 cm³/mol. The van der Waals surface area contributed by atoms with Crippen molar-refractivity contribution < 1.29 is 9.90 Å². The van der Waals surface area contributed by atoms with E-state index in [1.54, 1.807) is 17.0 Å². The molecule has 0 aliphatic carbocycles. The first-order valence-electron chi connectivity index (χ1n) is 4.80. The average molecular weight is 218 g/mol. The number of carboxylic acid groups (broad SMARTS) is 1. The number of aromatic carboxylic acids is 1. The van der Waals surface area contributed by atoms with Crippen molar-refractivity contribution in [1.82, 2.24) is 19.5 Å². The lowest BCUT2D eigenvalue weighted by Gasteiger charge is -2.04. The van der Waals surface area contributed by atoms with E-state index in [1.165, 1.54) is 12.4 Å². The van der Waals surface area contributed by atoms with Crippen LogP contribution < -0.4 is 0 Å². The number of hydrogen-bond acceptors (Lipinski definition) is 4. The monoisotopic (exact) mass is 218 g/mol. The first kappa shape index (κ1) is 10.3. The minimum Gasteiger partial charge on any atom is -0.477 e. The fourth-order valence-electron chi connectivity index (χ4n) is 1.27. The van der Waals surface area contributed by atoms with Crippen molar-refractivity contribution in [2.45, 2.75) is 13.3 Å². The van der Waals surface area contributed by atoms with Gasteiger partial charge in [-0.3, -0.25) is 4.57 Å². The minimum absolute atomic E-state index is 0.00412. The van der Waals surface area contributed by atoms with Crippen molar-refractivity contribution in [2.75, 3.05) is 0 Å². The van der Waals surface area contributed by atoms with Crippen molar-refractivity contribution >= 4 is 5.97 Å². The fraction of sp³-hybridized carbons (Fsp3) is 0.200. The van der Waals surface area contributed by atoms with E-state index in [0.29, 0.717) is 18.1 Å². The molecule has 0 amide bonds. The molecule has 0 saturated heterocycles. The lowest BCUT2D eigenvalue weighted by molar-refractivity contribution is 0.0690. The highest BCUT2D eigenvalue weighted by atomic mass is 16.4. The molecule has 2 aromatic heterocycles. The average Bonchev–Trinajstić information content (AvgIpc) is 2.81. The van der Waals surface area contributed by atoms with Crippen LogP contribution >= 0.6 is 0 Å². The third kappa shape index (κ3) is 1.90. The molecule has 0 aliphatic rings. The van der Waals surface area contributed by atoms with Crippen LogP contribution in [0.5, 0.6) is 0 Å². The van der Waals surface area contributed by atoms with Crippen LogP contribution in [0, 0.1) is 0 Å². The second kappa shape index (κ2) is 4.09. The van der Waals surface area contributed by atoms with E-state index in [9.17, 15) is 4.79 Å². The Labute approximate surface area is 91.6 Å². The molecule has 1 N–H and O–H groups in total. The fourth-order valence-corrected chi connectivity index (χ4v) is 1.27. The number of carbonyl (C=O) groups is 1. The first-order chi connectivity index (χ1) is 7.70. The van der Waals surface area contributed by atoms with Crippen LogP contribution in [0.3, 0.4) is 0 Å². The van der Waals surface area contributed by atoms with Gasteiger partial charge in [-0.1, -0.05) is 6.92 Å². The van der Waals surface area contributed by atoms with Gasteiger partial charge < -0.3 is 5.11 Å². The van der Waals surface area contributed by atoms with E-state index in [-0.39, 0.29) is 5.69 Å². The number of rotatable bonds is 3. The maximum atomic E-state index is 10.9. The summed E-state index contributed by atoms with van der Waals surface area (Å²) in [6.07, 6.45) is 5.44. The molecule has 0 atom stereocenters. The Kier molecular flexibility index (Phi) is 2.63. The summed E-state index contributed by atoms with van der Waals surface area (Å²) >= 11 is 0. The number of aryl methyl sites for hydroxylation is 1. The highest BCUT2D eigenvalue weighted by Gasteiger charge is 2.10. The molecule has 0 unspecified atom stereocenters. The Balaban J connectivity index is 2.53. The highest BCUT2D eigenvalue weighted by molar-refractivity contribution is 5.85. The van der Waals surface area contributed by atoms with Gasteiger partial charge >= 0.3 is 5.97 Å². The number of imidazole rings is 1.